The predicted octanol–water partition coefficient (Wildman–Crippen LogP) is 1.47. The standard InChI is InChI=1S/C13H23N3O3Si/c1-5-19-12(17)13(8-14)9-16(10-15-13)11-18-6-7-20(2,3)4/h10H,5-7,9,11H2,1-4H3. The number of carbonyl (C=O) groups excluding carboxylic acids is 1. The molecule has 0 spiro atoms. The number of hydrogen-bond acceptors (Lipinski definition) is 6. The van der Waals surface area contributed by atoms with Gasteiger partial charge in [0.25, 0.3) is 5.54 Å². The molecule has 0 aromatic carbocycles. The molecule has 0 aliphatic carbocycles. The van der Waals surface area contributed by atoms with Crippen LogP contribution in [0.1, 0.15) is 6.92 Å². The lowest BCUT2D eigenvalue weighted by molar-refractivity contribution is -0.147. The van der Waals surface area contributed by atoms with E-state index in [0.717, 1.165) is 6.04 Å². The lowest BCUT2D eigenvalue weighted by Crippen LogP contribution is -2.42. The summed E-state index contributed by atoms with van der Waals surface area (Å²) in [4.78, 5) is 17.5. The van der Waals surface area contributed by atoms with Crippen molar-refractivity contribution in [3.63, 3.8) is 0 Å². The summed E-state index contributed by atoms with van der Waals surface area (Å²) >= 11 is 0. The van der Waals surface area contributed by atoms with Crippen LogP contribution in [-0.2, 0) is 14.3 Å². The molecule has 1 rings (SSSR count). The molecule has 1 aliphatic rings. The van der Waals surface area contributed by atoms with E-state index in [-0.39, 0.29) is 13.2 Å². The number of aliphatic imine (C=N–C) groups is 1. The third-order valence-electron chi connectivity index (χ3n) is 2.92. The number of hydrogen-bond donors (Lipinski definition) is 0. The molecule has 0 saturated carbocycles. The molecule has 112 valence electrons. The van der Waals surface area contributed by atoms with Crippen LogP contribution < -0.4 is 0 Å². The number of carbonyl (C=O) groups is 1. The second kappa shape index (κ2) is 6.86. The van der Waals surface area contributed by atoms with Crippen LogP contribution in [0.25, 0.3) is 0 Å². The normalized spacial score (nSPS) is 21.9. The molecule has 1 atom stereocenters. The van der Waals surface area contributed by atoms with Gasteiger partial charge in [-0.3, -0.25) is 0 Å². The molecular weight excluding hydrogens is 274 g/mol. The second-order valence-corrected chi connectivity index (χ2v) is 11.7. The first-order valence-corrected chi connectivity index (χ1v) is 10.5. The van der Waals surface area contributed by atoms with Crippen molar-refractivity contribution in [2.24, 2.45) is 4.99 Å². The van der Waals surface area contributed by atoms with Gasteiger partial charge in [0, 0.05) is 14.7 Å². The van der Waals surface area contributed by atoms with Gasteiger partial charge in [-0.25, -0.2) is 9.79 Å². The highest BCUT2D eigenvalue weighted by atomic mass is 28.3. The Kier molecular flexibility index (Phi) is 5.71. The lowest BCUT2D eigenvalue weighted by Gasteiger charge is -2.21. The van der Waals surface area contributed by atoms with Gasteiger partial charge in [0.1, 0.15) is 12.8 Å². The zero-order valence-electron chi connectivity index (χ0n) is 12.7. The van der Waals surface area contributed by atoms with Crippen molar-refractivity contribution in [1.29, 1.82) is 5.26 Å². The molecule has 1 aliphatic heterocycles. The first-order chi connectivity index (χ1) is 9.33. The highest BCUT2D eigenvalue weighted by molar-refractivity contribution is 6.76. The summed E-state index contributed by atoms with van der Waals surface area (Å²) < 4.78 is 10.5. The Morgan fingerprint density at radius 3 is 2.80 bits per heavy atom. The van der Waals surface area contributed by atoms with Gasteiger partial charge in [-0.05, 0) is 13.0 Å². The molecule has 0 N–H and O–H groups in total. The Balaban J connectivity index is 2.42. The molecule has 1 heterocycles. The minimum Gasteiger partial charge on any atom is -0.463 e. The maximum Gasteiger partial charge on any atom is 0.350 e. The first kappa shape index (κ1) is 16.7. The van der Waals surface area contributed by atoms with Crippen LogP contribution >= 0.6 is 0 Å². The van der Waals surface area contributed by atoms with Crippen molar-refractivity contribution in [1.82, 2.24) is 4.90 Å². The molecule has 0 bridgehead atoms. The van der Waals surface area contributed by atoms with Crippen LogP contribution in [0.3, 0.4) is 0 Å². The van der Waals surface area contributed by atoms with Gasteiger partial charge < -0.3 is 14.4 Å². The van der Waals surface area contributed by atoms with E-state index in [0.29, 0.717) is 13.3 Å². The van der Waals surface area contributed by atoms with E-state index in [4.69, 9.17) is 9.47 Å². The molecule has 6 nitrogen and oxygen atoms in total. The molecular formula is C13H23N3O3Si. The summed E-state index contributed by atoms with van der Waals surface area (Å²) in [6, 6.07) is 3.03. The largest absolute Gasteiger partial charge is 0.463 e. The van der Waals surface area contributed by atoms with Gasteiger partial charge in [-0.1, -0.05) is 19.6 Å². The predicted molar refractivity (Wildman–Crippen MR) is 79.1 cm³/mol. The smallest absolute Gasteiger partial charge is 0.350 e. The van der Waals surface area contributed by atoms with Crippen molar-refractivity contribution in [2.75, 3.05) is 26.5 Å². The maximum absolute atomic E-state index is 11.8. The van der Waals surface area contributed by atoms with E-state index in [1.54, 1.807) is 11.8 Å². The molecule has 0 aromatic rings. The monoisotopic (exact) mass is 297 g/mol. The van der Waals surface area contributed by atoms with Crippen LogP contribution in [0.4, 0.5) is 0 Å². The van der Waals surface area contributed by atoms with E-state index < -0.39 is 19.6 Å². The van der Waals surface area contributed by atoms with Crippen molar-refractivity contribution in [3.8, 4) is 6.07 Å². The summed E-state index contributed by atoms with van der Waals surface area (Å²) in [5.74, 6) is -0.594. The van der Waals surface area contributed by atoms with Gasteiger partial charge >= 0.3 is 5.97 Å². The summed E-state index contributed by atoms with van der Waals surface area (Å²) in [6.45, 7) is 10.0. The average molecular weight is 297 g/mol. The highest BCUT2D eigenvalue weighted by Gasteiger charge is 2.44. The molecule has 0 amide bonds. The summed E-state index contributed by atoms with van der Waals surface area (Å²) in [5.41, 5.74) is -1.43. The summed E-state index contributed by atoms with van der Waals surface area (Å²) in [5, 5.41) is 9.18. The lowest BCUT2D eigenvalue weighted by atomic mass is 10.0. The van der Waals surface area contributed by atoms with E-state index in [9.17, 15) is 10.1 Å². The van der Waals surface area contributed by atoms with Gasteiger partial charge in [-0.15, -0.1) is 0 Å². The Morgan fingerprint density at radius 1 is 1.55 bits per heavy atom. The van der Waals surface area contributed by atoms with Crippen LogP contribution in [0.15, 0.2) is 4.99 Å². The van der Waals surface area contributed by atoms with Crippen molar-refractivity contribution in [2.45, 2.75) is 38.1 Å². The molecule has 0 saturated heterocycles. The molecule has 7 heteroatoms. The van der Waals surface area contributed by atoms with Crippen molar-refractivity contribution >= 4 is 20.4 Å². The fourth-order valence-electron chi connectivity index (χ4n) is 1.67. The van der Waals surface area contributed by atoms with Crippen molar-refractivity contribution < 1.29 is 14.3 Å². The maximum atomic E-state index is 11.8. The van der Waals surface area contributed by atoms with Gasteiger partial charge in [0.2, 0.25) is 0 Å². The van der Waals surface area contributed by atoms with Gasteiger partial charge in [0.05, 0.1) is 19.5 Å². The van der Waals surface area contributed by atoms with Crippen LogP contribution in [0.2, 0.25) is 25.7 Å². The number of nitrogens with zero attached hydrogens (tertiary/aromatic N) is 3. The quantitative estimate of drug-likeness (QED) is 0.404. The topological polar surface area (TPSA) is 74.9 Å². The molecule has 0 radical (unpaired) electrons. The third-order valence-corrected chi connectivity index (χ3v) is 4.63. The minimum absolute atomic E-state index is 0.190. The number of nitriles is 1. The fraction of sp³-hybridized carbons (Fsp3) is 0.769. The number of esters is 1. The van der Waals surface area contributed by atoms with Crippen LogP contribution in [0, 0.1) is 11.3 Å². The van der Waals surface area contributed by atoms with Gasteiger partial charge in [-0.2, -0.15) is 5.26 Å². The second-order valence-electron chi connectivity index (χ2n) is 6.03. The van der Waals surface area contributed by atoms with E-state index in [1.807, 2.05) is 6.07 Å². The first-order valence-electron chi connectivity index (χ1n) is 6.78. The summed E-state index contributed by atoms with van der Waals surface area (Å²) in [7, 11) is -1.10. The Morgan fingerprint density at radius 2 is 2.25 bits per heavy atom. The molecule has 20 heavy (non-hydrogen) atoms. The fourth-order valence-corrected chi connectivity index (χ4v) is 2.43. The third kappa shape index (κ3) is 4.61. The van der Waals surface area contributed by atoms with E-state index >= 15 is 0 Å². The summed E-state index contributed by atoms with van der Waals surface area (Å²) in [6.07, 6.45) is 1.49. The highest BCUT2D eigenvalue weighted by Crippen LogP contribution is 2.19. The van der Waals surface area contributed by atoms with Crippen LogP contribution in [-0.4, -0.2) is 57.3 Å². The molecule has 0 aromatic heterocycles. The van der Waals surface area contributed by atoms with Crippen LogP contribution in [0.5, 0.6) is 0 Å². The average Bonchev–Trinajstić information content (AvgIpc) is 2.79. The number of ether oxygens (including phenoxy) is 2. The SMILES string of the molecule is CCOC(=O)C1(C#N)CN(COCC[Si](C)(C)C)C=N1. The van der Waals surface area contributed by atoms with Crippen molar-refractivity contribution in [3.05, 3.63) is 0 Å². The number of rotatable bonds is 7. The Labute approximate surface area is 121 Å². The Hall–Kier alpha value is -1.39. The minimum atomic E-state index is -1.43. The molecule has 1 unspecified atom stereocenters. The van der Waals surface area contributed by atoms with E-state index in [2.05, 4.69) is 24.6 Å². The van der Waals surface area contributed by atoms with E-state index in [1.165, 1.54) is 6.34 Å². The van der Waals surface area contributed by atoms with Gasteiger partial charge in [0.15, 0.2) is 0 Å². The Bertz CT molecular complexity index is 414. The molecule has 0 fully saturated rings. The zero-order valence-corrected chi connectivity index (χ0v) is 13.7. The zero-order chi connectivity index (χ0) is 15.2.